The summed E-state index contributed by atoms with van der Waals surface area (Å²) in [5, 5.41) is 5.54. The first-order valence-corrected chi connectivity index (χ1v) is 8.70. The molecule has 4 rings (SSSR count). The molecule has 3 nitrogen and oxygen atoms in total. The van der Waals surface area contributed by atoms with Crippen molar-refractivity contribution in [2.45, 2.75) is 26.2 Å². The Morgan fingerprint density at radius 2 is 2.05 bits per heavy atom. The van der Waals surface area contributed by atoms with Crippen LogP contribution in [0.15, 0.2) is 18.2 Å². The number of thiophene rings is 1. The molecule has 112 valence electrons. The Balaban J connectivity index is 1.89. The first-order valence-electron chi connectivity index (χ1n) is 7.13. The van der Waals surface area contributed by atoms with Gasteiger partial charge in [-0.3, -0.25) is 0 Å². The maximum absolute atomic E-state index is 6.29. The number of aryl methyl sites for hydroxylation is 3. The van der Waals surface area contributed by atoms with E-state index in [1.54, 1.807) is 17.4 Å². The molecule has 0 saturated heterocycles. The van der Waals surface area contributed by atoms with Gasteiger partial charge in [0, 0.05) is 4.88 Å². The summed E-state index contributed by atoms with van der Waals surface area (Å²) in [4.78, 5) is 11.7. The zero-order valence-corrected chi connectivity index (χ0v) is 14.2. The summed E-state index contributed by atoms with van der Waals surface area (Å²) in [6.45, 7) is 1.91. The third kappa shape index (κ3) is 2.26. The average Bonchev–Trinajstić information content (AvgIpc) is 3.03. The van der Waals surface area contributed by atoms with Gasteiger partial charge in [0.1, 0.15) is 16.5 Å². The molecule has 0 saturated carbocycles. The number of anilines is 2. The molecule has 0 spiro atoms. The Kier molecular flexibility index (Phi) is 3.48. The maximum atomic E-state index is 6.29. The second-order valence-electron chi connectivity index (χ2n) is 5.38. The Bertz CT molecular complexity index is 889. The van der Waals surface area contributed by atoms with Gasteiger partial charge in [0.05, 0.1) is 21.1 Å². The van der Waals surface area contributed by atoms with Crippen molar-refractivity contribution in [3.8, 4) is 0 Å². The molecule has 1 aromatic carbocycles. The van der Waals surface area contributed by atoms with E-state index >= 15 is 0 Å². The number of rotatable bonds is 2. The van der Waals surface area contributed by atoms with Gasteiger partial charge in [0.25, 0.3) is 0 Å². The number of hydrogen-bond acceptors (Lipinski definition) is 4. The van der Waals surface area contributed by atoms with Crippen LogP contribution in [-0.4, -0.2) is 9.97 Å². The van der Waals surface area contributed by atoms with Crippen LogP contribution in [0.4, 0.5) is 11.5 Å². The first kappa shape index (κ1) is 14.2. The molecule has 3 aromatic rings. The van der Waals surface area contributed by atoms with Gasteiger partial charge in [-0.2, -0.15) is 0 Å². The quantitative estimate of drug-likeness (QED) is 0.659. The normalized spacial score (nSPS) is 13.6. The predicted molar refractivity (Wildman–Crippen MR) is 93.9 cm³/mol. The van der Waals surface area contributed by atoms with E-state index in [0.29, 0.717) is 10.0 Å². The van der Waals surface area contributed by atoms with Gasteiger partial charge < -0.3 is 5.32 Å². The van der Waals surface area contributed by atoms with Crippen LogP contribution in [0.25, 0.3) is 10.2 Å². The van der Waals surface area contributed by atoms with Gasteiger partial charge >= 0.3 is 0 Å². The van der Waals surface area contributed by atoms with Crippen molar-refractivity contribution in [1.82, 2.24) is 9.97 Å². The lowest BCUT2D eigenvalue weighted by Crippen LogP contribution is -1.99. The summed E-state index contributed by atoms with van der Waals surface area (Å²) in [6.07, 6.45) is 3.45. The first-order chi connectivity index (χ1) is 10.6. The monoisotopic (exact) mass is 349 g/mol. The summed E-state index contributed by atoms with van der Waals surface area (Å²) in [6, 6.07) is 5.56. The highest BCUT2D eigenvalue weighted by Crippen LogP contribution is 2.41. The minimum Gasteiger partial charge on any atom is -0.338 e. The van der Waals surface area contributed by atoms with E-state index in [-0.39, 0.29) is 0 Å². The van der Waals surface area contributed by atoms with Gasteiger partial charge in [-0.25, -0.2) is 9.97 Å². The Morgan fingerprint density at radius 1 is 1.18 bits per heavy atom. The van der Waals surface area contributed by atoms with Gasteiger partial charge in [-0.15, -0.1) is 11.3 Å². The number of benzene rings is 1. The van der Waals surface area contributed by atoms with E-state index in [1.807, 2.05) is 19.1 Å². The molecule has 0 radical (unpaired) electrons. The molecule has 1 N–H and O–H groups in total. The standard InChI is InChI=1S/C16H13Cl2N3S/c1-8-19-15(21-11-6-3-5-10(17)14(11)18)13-9-4-2-7-12(9)22-16(13)20-8/h3,5-6H,2,4,7H2,1H3,(H,19,20,21). The van der Waals surface area contributed by atoms with Gasteiger partial charge in [0.15, 0.2) is 0 Å². The van der Waals surface area contributed by atoms with Crippen molar-refractivity contribution < 1.29 is 0 Å². The summed E-state index contributed by atoms with van der Waals surface area (Å²) < 4.78 is 0. The molecule has 2 heterocycles. The summed E-state index contributed by atoms with van der Waals surface area (Å²) >= 11 is 14.2. The third-order valence-electron chi connectivity index (χ3n) is 3.88. The Morgan fingerprint density at radius 3 is 2.91 bits per heavy atom. The number of nitrogens with zero attached hydrogens (tertiary/aromatic N) is 2. The third-order valence-corrected chi connectivity index (χ3v) is 5.89. The fourth-order valence-electron chi connectivity index (χ4n) is 2.92. The highest BCUT2D eigenvalue weighted by atomic mass is 35.5. The lowest BCUT2D eigenvalue weighted by Gasteiger charge is -2.11. The average molecular weight is 350 g/mol. The van der Waals surface area contributed by atoms with Crippen LogP contribution in [0.1, 0.15) is 22.7 Å². The zero-order valence-electron chi connectivity index (χ0n) is 11.9. The maximum Gasteiger partial charge on any atom is 0.143 e. The van der Waals surface area contributed by atoms with E-state index in [0.717, 1.165) is 40.4 Å². The fraction of sp³-hybridized carbons (Fsp3) is 0.250. The second-order valence-corrected chi connectivity index (χ2v) is 7.25. The SMILES string of the molecule is Cc1nc(Nc2cccc(Cl)c2Cl)c2c3c(sc2n1)CCC3. The van der Waals surface area contributed by atoms with Crippen molar-refractivity contribution in [3.63, 3.8) is 0 Å². The minimum absolute atomic E-state index is 0.514. The van der Waals surface area contributed by atoms with Gasteiger partial charge in [-0.1, -0.05) is 29.3 Å². The molecular weight excluding hydrogens is 337 g/mol. The number of hydrogen-bond donors (Lipinski definition) is 1. The van der Waals surface area contributed by atoms with E-state index in [9.17, 15) is 0 Å². The molecular formula is C16H13Cl2N3S. The zero-order chi connectivity index (χ0) is 15.3. The van der Waals surface area contributed by atoms with Crippen LogP contribution >= 0.6 is 34.5 Å². The fourth-order valence-corrected chi connectivity index (χ4v) is 4.58. The molecule has 0 amide bonds. The molecule has 2 aromatic heterocycles. The Labute approximate surface area is 142 Å². The van der Waals surface area contributed by atoms with Gasteiger partial charge in [0.2, 0.25) is 0 Å². The molecule has 1 aliphatic rings. The van der Waals surface area contributed by atoms with Crippen molar-refractivity contribution in [2.75, 3.05) is 5.32 Å². The molecule has 0 atom stereocenters. The van der Waals surface area contributed by atoms with Crippen molar-refractivity contribution in [2.24, 2.45) is 0 Å². The van der Waals surface area contributed by atoms with Gasteiger partial charge in [-0.05, 0) is 43.9 Å². The largest absolute Gasteiger partial charge is 0.338 e. The van der Waals surface area contributed by atoms with Crippen LogP contribution in [0, 0.1) is 6.92 Å². The highest BCUT2D eigenvalue weighted by molar-refractivity contribution is 7.19. The smallest absolute Gasteiger partial charge is 0.143 e. The topological polar surface area (TPSA) is 37.8 Å². The van der Waals surface area contributed by atoms with E-state index in [1.165, 1.54) is 16.9 Å². The van der Waals surface area contributed by atoms with Crippen LogP contribution in [0.5, 0.6) is 0 Å². The molecule has 1 aliphatic carbocycles. The van der Waals surface area contributed by atoms with Crippen LogP contribution in [-0.2, 0) is 12.8 Å². The minimum atomic E-state index is 0.514. The van der Waals surface area contributed by atoms with Crippen molar-refractivity contribution in [3.05, 3.63) is 44.5 Å². The number of nitrogens with one attached hydrogen (secondary N) is 1. The lowest BCUT2D eigenvalue weighted by atomic mass is 10.2. The molecule has 0 aliphatic heterocycles. The number of fused-ring (bicyclic) bond motifs is 3. The van der Waals surface area contributed by atoms with Crippen LogP contribution < -0.4 is 5.32 Å². The molecule has 6 heteroatoms. The van der Waals surface area contributed by atoms with Crippen LogP contribution in [0.2, 0.25) is 10.0 Å². The molecule has 0 bridgehead atoms. The highest BCUT2D eigenvalue weighted by Gasteiger charge is 2.22. The van der Waals surface area contributed by atoms with Crippen molar-refractivity contribution >= 4 is 56.3 Å². The molecule has 22 heavy (non-hydrogen) atoms. The number of halogens is 2. The molecule has 0 unspecified atom stereocenters. The lowest BCUT2D eigenvalue weighted by molar-refractivity contribution is 0.917. The van der Waals surface area contributed by atoms with E-state index in [4.69, 9.17) is 23.2 Å². The van der Waals surface area contributed by atoms with Crippen molar-refractivity contribution in [1.29, 1.82) is 0 Å². The second kappa shape index (κ2) is 5.37. The summed E-state index contributed by atoms with van der Waals surface area (Å²) in [7, 11) is 0. The van der Waals surface area contributed by atoms with E-state index < -0.39 is 0 Å². The Hall–Kier alpha value is -1.36. The summed E-state index contributed by atoms with van der Waals surface area (Å²) in [5.74, 6) is 1.58. The van der Waals surface area contributed by atoms with E-state index in [2.05, 4.69) is 15.3 Å². The van der Waals surface area contributed by atoms with Crippen LogP contribution in [0.3, 0.4) is 0 Å². The predicted octanol–water partition coefficient (Wildman–Crippen LogP) is 5.54. The molecule has 0 fully saturated rings. The number of aromatic nitrogens is 2. The summed E-state index contributed by atoms with van der Waals surface area (Å²) in [5.41, 5.74) is 2.16.